The molecule has 0 amide bonds. The van der Waals surface area contributed by atoms with Gasteiger partial charge in [-0.05, 0) is 109 Å². The molecule has 0 aliphatic rings. The average molecular weight is 1080 g/mol. The molecule has 0 fully saturated rings. The van der Waals surface area contributed by atoms with Gasteiger partial charge >= 0.3 is 17.9 Å². The lowest BCUT2D eigenvalue weighted by molar-refractivity contribution is -0.167. The third-order valence-corrected chi connectivity index (χ3v) is 14.0. The maximum Gasteiger partial charge on any atom is 0.306 e. The van der Waals surface area contributed by atoms with Gasteiger partial charge in [0, 0.05) is 19.3 Å². The van der Waals surface area contributed by atoms with Gasteiger partial charge < -0.3 is 14.2 Å². The molecule has 1 unspecified atom stereocenters. The lowest BCUT2D eigenvalue weighted by Gasteiger charge is -2.18. The number of hydrogen-bond donors (Lipinski definition) is 0. The topological polar surface area (TPSA) is 78.9 Å². The Balaban J connectivity index is 4.34. The number of rotatable bonds is 59. The van der Waals surface area contributed by atoms with Crippen LogP contribution in [0.15, 0.2) is 109 Å². The van der Waals surface area contributed by atoms with Gasteiger partial charge in [-0.1, -0.05) is 291 Å². The second-order valence-corrected chi connectivity index (χ2v) is 21.6. The third-order valence-electron chi connectivity index (χ3n) is 14.0. The lowest BCUT2D eigenvalue weighted by atomic mass is 10.0. The molecule has 0 spiro atoms. The molecule has 0 aliphatic carbocycles. The van der Waals surface area contributed by atoms with Gasteiger partial charge in [-0.3, -0.25) is 14.4 Å². The predicted octanol–water partition coefficient (Wildman–Crippen LogP) is 22.6. The molecule has 0 aromatic carbocycles. The summed E-state index contributed by atoms with van der Waals surface area (Å²) in [6, 6.07) is 0. The summed E-state index contributed by atoms with van der Waals surface area (Å²) in [6.45, 7) is 6.51. The zero-order valence-electron chi connectivity index (χ0n) is 51.2. The minimum absolute atomic E-state index is 0.0827. The first-order valence-electron chi connectivity index (χ1n) is 32.9. The Morgan fingerprint density at radius 2 is 0.500 bits per heavy atom. The first kappa shape index (κ1) is 74.1. The van der Waals surface area contributed by atoms with Crippen LogP contribution in [0.4, 0.5) is 0 Å². The highest BCUT2D eigenvalue weighted by atomic mass is 16.6. The van der Waals surface area contributed by atoms with E-state index in [0.29, 0.717) is 19.3 Å². The molecular weight excluding hydrogens is 961 g/mol. The fourth-order valence-corrected chi connectivity index (χ4v) is 9.10. The van der Waals surface area contributed by atoms with Crippen LogP contribution in [-0.4, -0.2) is 37.2 Å². The van der Waals surface area contributed by atoms with Gasteiger partial charge in [0.2, 0.25) is 0 Å². The van der Waals surface area contributed by atoms with Gasteiger partial charge in [-0.15, -0.1) is 0 Å². The predicted molar refractivity (Wildman–Crippen MR) is 339 cm³/mol. The maximum absolute atomic E-state index is 12.9. The standard InChI is InChI=1S/C72H122O6/c1-4-7-10-13-16-19-22-25-28-30-31-32-33-34-35-36-37-38-39-40-41-43-44-47-50-53-56-59-62-65-71(74)77-68-69(67-76-70(73)64-61-58-55-52-49-46-27-24-21-18-15-12-9-6-3)78-72(75)66-63-60-57-54-51-48-45-42-29-26-23-20-17-14-11-8-5-2/h7,10,16-17,19-20,25-26,28-29,31-32,34-35,37-38,40-41,69H,4-6,8-9,11-15,18,21-24,27,30,33,36,39,42-68H2,1-3H3/b10-7-,19-16-,20-17-,28-25-,29-26-,32-31-,35-34-,38-37-,41-40-. The Morgan fingerprint density at radius 3 is 0.808 bits per heavy atom. The van der Waals surface area contributed by atoms with E-state index in [-0.39, 0.29) is 31.1 Å². The molecule has 0 saturated carbocycles. The zero-order valence-corrected chi connectivity index (χ0v) is 51.2. The summed E-state index contributed by atoms with van der Waals surface area (Å²) in [5, 5.41) is 0. The van der Waals surface area contributed by atoms with Crippen LogP contribution in [-0.2, 0) is 28.6 Å². The van der Waals surface area contributed by atoms with E-state index in [1.165, 1.54) is 148 Å². The van der Waals surface area contributed by atoms with Crippen LogP contribution in [0.5, 0.6) is 0 Å². The number of hydrogen-bond acceptors (Lipinski definition) is 6. The number of carbonyl (C=O) groups is 3. The smallest absolute Gasteiger partial charge is 0.306 e. The normalized spacial score (nSPS) is 12.8. The van der Waals surface area contributed by atoms with E-state index in [9.17, 15) is 14.4 Å². The van der Waals surface area contributed by atoms with E-state index < -0.39 is 6.10 Å². The van der Waals surface area contributed by atoms with Crippen molar-refractivity contribution in [1.29, 1.82) is 0 Å². The molecule has 0 rings (SSSR count). The average Bonchev–Trinajstić information content (AvgIpc) is 3.44. The monoisotopic (exact) mass is 1080 g/mol. The first-order chi connectivity index (χ1) is 38.5. The Morgan fingerprint density at radius 1 is 0.269 bits per heavy atom. The molecule has 0 radical (unpaired) electrons. The highest BCUT2D eigenvalue weighted by Gasteiger charge is 2.19. The SMILES string of the molecule is CC/C=C\C/C=C\C/C=C\C/C=C\C/C=C\C/C=C\C/C=C\CCCCCCCCCC(=O)OCC(COC(=O)CCCCCCCCCCCCCCCC)OC(=O)CCCCCCCCC/C=C\C/C=C\CCCCC. The number of allylic oxidation sites excluding steroid dienone is 18. The van der Waals surface area contributed by atoms with Crippen molar-refractivity contribution in [2.75, 3.05) is 13.2 Å². The Bertz CT molecular complexity index is 1570. The van der Waals surface area contributed by atoms with E-state index in [2.05, 4.69) is 130 Å². The second kappa shape index (κ2) is 65.6. The summed E-state index contributed by atoms with van der Waals surface area (Å²) >= 11 is 0. The van der Waals surface area contributed by atoms with Gasteiger partial charge in [0.25, 0.3) is 0 Å². The highest BCUT2D eigenvalue weighted by Crippen LogP contribution is 2.16. The van der Waals surface area contributed by atoms with Crippen LogP contribution in [0.2, 0.25) is 0 Å². The second-order valence-electron chi connectivity index (χ2n) is 21.6. The number of carbonyl (C=O) groups excluding carboxylic acids is 3. The lowest BCUT2D eigenvalue weighted by Crippen LogP contribution is -2.30. The maximum atomic E-state index is 12.9. The van der Waals surface area contributed by atoms with E-state index >= 15 is 0 Å². The van der Waals surface area contributed by atoms with Crippen molar-refractivity contribution >= 4 is 17.9 Å². The van der Waals surface area contributed by atoms with Gasteiger partial charge in [0.1, 0.15) is 13.2 Å². The van der Waals surface area contributed by atoms with Crippen LogP contribution in [0.1, 0.15) is 310 Å². The molecule has 0 N–H and O–H groups in total. The van der Waals surface area contributed by atoms with Crippen molar-refractivity contribution in [1.82, 2.24) is 0 Å². The molecule has 0 saturated heterocycles. The molecule has 446 valence electrons. The van der Waals surface area contributed by atoms with Crippen LogP contribution in [0, 0.1) is 0 Å². The third kappa shape index (κ3) is 62.9. The van der Waals surface area contributed by atoms with Gasteiger partial charge in [0.15, 0.2) is 6.10 Å². The van der Waals surface area contributed by atoms with Crippen molar-refractivity contribution in [3.8, 4) is 0 Å². The number of esters is 3. The van der Waals surface area contributed by atoms with Crippen LogP contribution < -0.4 is 0 Å². The quantitative estimate of drug-likeness (QED) is 0.0261. The van der Waals surface area contributed by atoms with Gasteiger partial charge in [-0.2, -0.15) is 0 Å². The van der Waals surface area contributed by atoms with Crippen molar-refractivity contribution in [3.05, 3.63) is 109 Å². The molecule has 0 bridgehead atoms. The van der Waals surface area contributed by atoms with Crippen molar-refractivity contribution in [2.24, 2.45) is 0 Å². The summed E-state index contributed by atoms with van der Waals surface area (Å²) in [6.07, 6.45) is 89.4. The van der Waals surface area contributed by atoms with Crippen molar-refractivity contribution in [3.63, 3.8) is 0 Å². The molecule has 0 heterocycles. The van der Waals surface area contributed by atoms with Crippen LogP contribution >= 0.6 is 0 Å². The van der Waals surface area contributed by atoms with Crippen molar-refractivity contribution < 1.29 is 28.6 Å². The summed E-state index contributed by atoms with van der Waals surface area (Å²) in [7, 11) is 0. The molecule has 0 aromatic heterocycles. The van der Waals surface area contributed by atoms with Gasteiger partial charge in [-0.25, -0.2) is 0 Å². The van der Waals surface area contributed by atoms with Crippen LogP contribution in [0.25, 0.3) is 0 Å². The Hall–Kier alpha value is -3.93. The molecule has 0 aromatic rings. The molecule has 6 heteroatoms. The van der Waals surface area contributed by atoms with Crippen molar-refractivity contribution in [2.45, 2.75) is 316 Å². The molecule has 6 nitrogen and oxygen atoms in total. The number of ether oxygens (including phenoxy) is 3. The molecule has 78 heavy (non-hydrogen) atoms. The summed E-state index contributed by atoms with van der Waals surface area (Å²) in [4.78, 5) is 38.3. The summed E-state index contributed by atoms with van der Waals surface area (Å²) in [5.41, 5.74) is 0. The largest absolute Gasteiger partial charge is 0.462 e. The molecular formula is C72H122O6. The highest BCUT2D eigenvalue weighted by molar-refractivity contribution is 5.71. The first-order valence-corrected chi connectivity index (χ1v) is 32.9. The minimum Gasteiger partial charge on any atom is -0.462 e. The summed E-state index contributed by atoms with van der Waals surface area (Å²) < 4.78 is 16.9. The Kier molecular flexibility index (Phi) is 62.3. The van der Waals surface area contributed by atoms with E-state index in [1.54, 1.807) is 0 Å². The van der Waals surface area contributed by atoms with Crippen LogP contribution in [0.3, 0.4) is 0 Å². The van der Waals surface area contributed by atoms with E-state index in [0.717, 1.165) is 122 Å². The minimum atomic E-state index is -0.788. The molecule has 0 aliphatic heterocycles. The number of unbranched alkanes of at least 4 members (excludes halogenated alkanes) is 30. The molecule has 1 atom stereocenters. The Labute approximate surface area is 482 Å². The van der Waals surface area contributed by atoms with E-state index in [4.69, 9.17) is 14.2 Å². The fraction of sp³-hybridized carbons (Fsp3) is 0.708. The van der Waals surface area contributed by atoms with Gasteiger partial charge in [0.05, 0.1) is 0 Å². The zero-order chi connectivity index (χ0) is 56.4. The fourth-order valence-electron chi connectivity index (χ4n) is 9.10. The summed E-state index contributed by atoms with van der Waals surface area (Å²) in [5.74, 6) is -0.892. The van der Waals surface area contributed by atoms with E-state index in [1.807, 2.05) is 0 Å².